The first-order valence-corrected chi connectivity index (χ1v) is 23.9. The number of rotatable bonds is 2. The summed E-state index contributed by atoms with van der Waals surface area (Å²) < 4.78 is 19.9. The standard InChI is InChI=1S/C34H24N6O.2In.Pt/c1-23-5-3-7-25(17-23)21-39-31-11-9-27(19-29(31)33-35-13-14-36-33)41-28-10-12-32(30(20-28)34-37-15-16-38-34)40-22-26-8-4-6-24(2)18-26;;;/h3-16H,21-22H2,1-2H3;;;/q-6;3*+2. The average Bonchev–Trinajstić information content (AvgIpc) is 3.81. The van der Waals surface area contributed by atoms with Crippen molar-refractivity contribution in [2.24, 2.45) is 0 Å². The molecule has 0 saturated heterocycles. The maximum atomic E-state index is 6.49. The molecule has 0 radical (unpaired) electrons. The molecule has 0 N–H and O–H groups in total. The van der Waals surface area contributed by atoms with E-state index in [2.05, 4.69) is 110 Å². The third-order valence-electron chi connectivity index (χ3n) is 9.56. The quantitative estimate of drug-likeness (QED) is 0.239. The molecule has 0 fully saturated rings. The van der Waals surface area contributed by atoms with Crippen molar-refractivity contribution in [3.05, 3.63) is 120 Å². The van der Waals surface area contributed by atoms with E-state index in [4.69, 9.17) is 14.7 Å². The summed E-state index contributed by atoms with van der Waals surface area (Å²) in [6.45, 7) is 6.41. The van der Waals surface area contributed by atoms with Crippen LogP contribution in [0.5, 0.6) is 11.5 Å². The fourth-order valence-electron chi connectivity index (χ4n) is 7.76. The maximum Gasteiger partial charge on any atom is 2.00 e. The molecule has 7 nitrogen and oxygen atoms in total. The Morgan fingerprint density at radius 2 is 1.14 bits per heavy atom. The van der Waals surface area contributed by atoms with E-state index >= 15 is 0 Å². The predicted molar refractivity (Wildman–Crippen MR) is 169 cm³/mol. The van der Waals surface area contributed by atoms with Crippen LogP contribution in [-0.4, -0.2) is 59.1 Å². The number of benzene rings is 4. The van der Waals surface area contributed by atoms with Crippen LogP contribution in [0, 0.1) is 26.0 Å². The van der Waals surface area contributed by atoms with E-state index in [0.717, 1.165) is 35.9 Å². The summed E-state index contributed by atoms with van der Waals surface area (Å²) in [6.07, 6.45) is 8.22. The van der Waals surface area contributed by atoms with Crippen molar-refractivity contribution >= 4 is 62.0 Å². The van der Waals surface area contributed by atoms with Crippen LogP contribution in [0.2, 0.25) is 0 Å². The first-order valence-electron chi connectivity index (χ1n) is 14.7. The number of imidazole rings is 2. The summed E-state index contributed by atoms with van der Waals surface area (Å²) in [6, 6.07) is 29.2. The molecule has 212 valence electrons. The van der Waals surface area contributed by atoms with Crippen molar-refractivity contribution in [2.75, 3.05) is 5.78 Å². The van der Waals surface area contributed by atoms with E-state index in [1.165, 1.54) is 33.6 Å². The van der Waals surface area contributed by atoms with Crippen LogP contribution in [-0.2, 0) is 34.2 Å². The zero-order valence-electron chi connectivity index (χ0n) is 24.1. The van der Waals surface area contributed by atoms with Gasteiger partial charge in [-0.05, 0) is 0 Å². The van der Waals surface area contributed by atoms with Gasteiger partial charge in [0, 0.05) is 0 Å². The molecule has 0 spiro atoms. The van der Waals surface area contributed by atoms with Gasteiger partial charge < -0.3 is 0 Å². The fraction of sp³-hybridized carbons (Fsp3) is 0.118. The minimum atomic E-state index is -2.56. The fourth-order valence-corrected chi connectivity index (χ4v) is 27.3. The molecule has 0 atom stereocenters. The molecule has 44 heavy (non-hydrogen) atoms. The largest absolute Gasteiger partial charge is 2.00 e. The van der Waals surface area contributed by atoms with E-state index in [9.17, 15) is 0 Å². The molecular weight excluding hydrogens is 933 g/mol. The predicted octanol–water partition coefficient (Wildman–Crippen LogP) is 4.57. The molecule has 0 amide bonds. The number of hydrogen-bond donors (Lipinski definition) is 0. The third kappa shape index (κ3) is 3.75. The Morgan fingerprint density at radius 3 is 1.61 bits per heavy atom. The summed E-state index contributed by atoms with van der Waals surface area (Å²) in [7, 11) is 0. The average molecular weight is 957 g/mol. The van der Waals surface area contributed by atoms with Gasteiger partial charge >= 0.3 is 290 Å². The minimum Gasteiger partial charge on any atom is 2.00 e. The van der Waals surface area contributed by atoms with Crippen molar-refractivity contribution < 1.29 is 25.8 Å². The molecule has 0 saturated carbocycles. The molecule has 6 heterocycles. The second kappa shape index (κ2) is 10.1. The minimum absolute atomic E-state index is 0. The van der Waals surface area contributed by atoms with Gasteiger partial charge in [0.1, 0.15) is 0 Å². The van der Waals surface area contributed by atoms with E-state index in [0.29, 0.717) is 11.5 Å². The van der Waals surface area contributed by atoms with Crippen molar-refractivity contribution in [1.29, 1.82) is 0 Å². The number of aromatic nitrogens is 4. The van der Waals surface area contributed by atoms with Gasteiger partial charge in [0.15, 0.2) is 0 Å². The van der Waals surface area contributed by atoms with Crippen LogP contribution in [0.25, 0.3) is 22.8 Å². The number of fused-ring (bicyclic) bond motifs is 16. The molecule has 0 unspecified atom stereocenters. The van der Waals surface area contributed by atoms with Crippen molar-refractivity contribution in [2.45, 2.75) is 26.9 Å². The van der Waals surface area contributed by atoms with E-state index < -0.39 is 44.0 Å². The van der Waals surface area contributed by atoms with Crippen LogP contribution in [0.3, 0.4) is 0 Å². The van der Waals surface area contributed by atoms with Crippen molar-refractivity contribution in [3.63, 3.8) is 0 Å². The SMILES string of the molecule is Cc1cccc2[c]1[In]1[N](C2)c2ccc(Oc3[c-]c4c(cc3)[N]3Cc5cccc(C)[c]5[In]3[n]3ccnc3-4)[c-]c2-c2ncc[n]21.[Pt+2]. The first kappa shape index (κ1) is 27.4. The molecule has 4 aliphatic heterocycles. The van der Waals surface area contributed by atoms with Gasteiger partial charge in [-0.2, -0.15) is 0 Å². The topological polar surface area (TPSA) is 51.4 Å². The van der Waals surface area contributed by atoms with Gasteiger partial charge in [-0.1, -0.05) is 0 Å². The molecule has 0 aliphatic carbocycles. The zero-order valence-corrected chi connectivity index (χ0v) is 32.9. The van der Waals surface area contributed by atoms with E-state index in [1.807, 2.05) is 12.4 Å². The van der Waals surface area contributed by atoms with Gasteiger partial charge in [0.25, 0.3) is 0 Å². The van der Waals surface area contributed by atoms with Gasteiger partial charge in [-0.15, -0.1) is 0 Å². The number of nitrogens with zero attached hydrogens (tertiary/aromatic N) is 6. The van der Waals surface area contributed by atoms with Crippen LogP contribution in [0.15, 0.2) is 85.5 Å². The molecule has 0 bridgehead atoms. The Labute approximate surface area is 287 Å². The molecule has 4 aromatic carbocycles. The van der Waals surface area contributed by atoms with E-state index in [-0.39, 0.29) is 21.1 Å². The van der Waals surface area contributed by atoms with Crippen LogP contribution in [0.4, 0.5) is 11.4 Å². The summed E-state index contributed by atoms with van der Waals surface area (Å²) in [4.78, 5) is 9.65. The summed E-state index contributed by atoms with van der Waals surface area (Å²) >= 11 is -5.12. The molecular formula is C34H24In2N6OPt. The number of ether oxygens (including phenoxy) is 1. The number of anilines is 2. The first-order chi connectivity index (χ1) is 21.1. The summed E-state index contributed by atoms with van der Waals surface area (Å²) in [5.41, 5.74) is 10.2. The summed E-state index contributed by atoms with van der Waals surface area (Å²) in [5, 5.41) is 0. The Kier molecular flexibility index (Phi) is 6.28. The second-order valence-corrected chi connectivity index (χ2v) is 26.2. The molecule has 6 aromatic rings. The zero-order chi connectivity index (χ0) is 28.4. The Bertz CT molecular complexity index is 2010. The maximum absolute atomic E-state index is 6.49. The van der Waals surface area contributed by atoms with Gasteiger partial charge in [0.2, 0.25) is 0 Å². The van der Waals surface area contributed by atoms with Gasteiger partial charge in [0.05, 0.1) is 0 Å². The van der Waals surface area contributed by atoms with E-state index in [1.54, 1.807) is 6.64 Å². The number of hydrogen-bond acceptors (Lipinski definition) is 5. The third-order valence-corrected chi connectivity index (χ3v) is 28.6. The molecule has 10 rings (SSSR count). The van der Waals surface area contributed by atoms with Gasteiger partial charge in [-0.25, -0.2) is 0 Å². The molecule has 4 aliphatic rings. The smallest absolute Gasteiger partial charge is 2.00 e. The summed E-state index contributed by atoms with van der Waals surface area (Å²) in [5.74, 6) is 3.36. The van der Waals surface area contributed by atoms with Gasteiger partial charge in [-0.3, -0.25) is 0 Å². The van der Waals surface area contributed by atoms with Crippen LogP contribution < -0.4 is 17.2 Å². The normalized spacial score (nSPS) is 14.5. The molecule has 10 heteroatoms. The Morgan fingerprint density at radius 1 is 0.659 bits per heavy atom. The molecule has 2 aromatic heterocycles. The van der Waals surface area contributed by atoms with Crippen LogP contribution in [0.1, 0.15) is 22.3 Å². The van der Waals surface area contributed by atoms with Crippen molar-refractivity contribution in [3.8, 4) is 34.3 Å². The van der Waals surface area contributed by atoms with Crippen LogP contribution >= 0.6 is 0 Å². The second-order valence-electron chi connectivity index (χ2n) is 11.9. The van der Waals surface area contributed by atoms with Crippen molar-refractivity contribution in [1.82, 2.24) is 15.1 Å². The number of aryl methyl sites for hydroxylation is 2. The monoisotopic (exact) mass is 957 g/mol. The Balaban J connectivity index is 0.00000270. The Hall–Kier alpha value is -2.87.